The van der Waals surface area contributed by atoms with Gasteiger partial charge in [-0.2, -0.15) is 0 Å². The number of ketones is 1. The van der Waals surface area contributed by atoms with Gasteiger partial charge in [-0.3, -0.25) is 19.7 Å². The number of para-hydroxylation sites is 1. The van der Waals surface area contributed by atoms with Crippen LogP contribution in [0, 0.1) is 10.1 Å². The summed E-state index contributed by atoms with van der Waals surface area (Å²) in [6, 6.07) is 21.1. The van der Waals surface area contributed by atoms with E-state index in [1.54, 1.807) is 54.6 Å². The van der Waals surface area contributed by atoms with Crippen LogP contribution in [0.1, 0.15) is 16.1 Å². The van der Waals surface area contributed by atoms with Crippen molar-refractivity contribution in [2.24, 2.45) is 0 Å². The van der Waals surface area contributed by atoms with E-state index in [-0.39, 0.29) is 28.7 Å². The zero-order valence-electron chi connectivity index (χ0n) is 16.1. The average Bonchev–Trinajstić information content (AvgIpc) is 3.16. The molecule has 1 aromatic heterocycles. The van der Waals surface area contributed by atoms with Crippen molar-refractivity contribution in [1.29, 1.82) is 0 Å². The van der Waals surface area contributed by atoms with Crippen molar-refractivity contribution in [2.45, 2.75) is 0 Å². The molecule has 1 amide bonds. The highest BCUT2D eigenvalue weighted by molar-refractivity contribution is 6.17. The minimum atomic E-state index is -0.550. The largest absolute Gasteiger partial charge is 0.484 e. The Labute approximate surface area is 176 Å². The van der Waals surface area contributed by atoms with Crippen LogP contribution in [0.15, 0.2) is 83.3 Å². The predicted octanol–water partition coefficient (Wildman–Crippen LogP) is 4.59. The number of nitrogens with zero attached hydrogens (tertiary/aromatic N) is 1. The molecule has 0 aliphatic carbocycles. The Morgan fingerprint density at radius 2 is 1.71 bits per heavy atom. The number of nitro groups is 1. The highest BCUT2D eigenvalue weighted by Crippen LogP contribution is 2.32. The zero-order chi connectivity index (χ0) is 21.8. The van der Waals surface area contributed by atoms with Gasteiger partial charge in [0.25, 0.3) is 11.6 Å². The number of hydrogen-bond acceptors (Lipinski definition) is 6. The van der Waals surface area contributed by atoms with E-state index in [2.05, 4.69) is 5.32 Å². The number of nitro benzene ring substituents is 1. The van der Waals surface area contributed by atoms with E-state index in [9.17, 15) is 19.7 Å². The molecule has 0 spiro atoms. The summed E-state index contributed by atoms with van der Waals surface area (Å²) < 4.78 is 11.1. The van der Waals surface area contributed by atoms with Crippen LogP contribution in [-0.4, -0.2) is 23.2 Å². The maximum absolute atomic E-state index is 13.0. The molecule has 154 valence electrons. The third-order valence-electron chi connectivity index (χ3n) is 4.50. The SMILES string of the molecule is O=C(COc1cccc([N+](=O)[O-])c1)Nc1c(C(=O)c2ccccc2)oc2ccccc12. The number of non-ortho nitro benzene ring substituents is 1. The standard InChI is InChI=1S/C23H16N2O6/c26-20(14-30-17-10-6-9-16(13-17)25(28)29)24-21-18-11-4-5-12-19(18)31-23(21)22(27)15-7-2-1-3-8-15/h1-13H,14H2,(H,24,26). The van der Waals surface area contributed by atoms with Gasteiger partial charge in [0.05, 0.1) is 16.7 Å². The topological polar surface area (TPSA) is 112 Å². The van der Waals surface area contributed by atoms with Gasteiger partial charge in [0.1, 0.15) is 11.3 Å². The lowest BCUT2D eigenvalue weighted by Crippen LogP contribution is -2.21. The molecule has 0 fully saturated rings. The van der Waals surface area contributed by atoms with Crippen LogP contribution >= 0.6 is 0 Å². The van der Waals surface area contributed by atoms with Crippen LogP contribution in [-0.2, 0) is 4.79 Å². The Hall–Kier alpha value is -4.46. The molecule has 0 saturated heterocycles. The van der Waals surface area contributed by atoms with E-state index in [0.717, 1.165) is 0 Å². The van der Waals surface area contributed by atoms with E-state index in [0.29, 0.717) is 16.5 Å². The van der Waals surface area contributed by atoms with Crippen molar-refractivity contribution < 1.29 is 23.7 Å². The maximum Gasteiger partial charge on any atom is 0.273 e. The first kappa shape index (κ1) is 19.8. The van der Waals surface area contributed by atoms with Crippen molar-refractivity contribution >= 4 is 34.0 Å². The van der Waals surface area contributed by atoms with Crippen LogP contribution in [0.4, 0.5) is 11.4 Å². The van der Waals surface area contributed by atoms with Crippen molar-refractivity contribution in [2.75, 3.05) is 11.9 Å². The van der Waals surface area contributed by atoms with Crippen LogP contribution in [0.5, 0.6) is 5.75 Å². The van der Waals surface area contributed by atoms with E-state index in [4.69, 9.17) is 9.15 Å². The fourth-order valence-electron chi connectivity index (χ4n) is 3.06. The number of carbonyl (C=O) groups is 2. The summed E-state index contributed by atoms with van der Waals surface area (Å²) in [5.41, 5.74) is 0.980. The molecule has 0 aliphatic heterocycles. The molecule has 1 heterocycles. The van der Waals surface area contributed by atoms with Crippen LogP contribution < -0.4 is 10.1 Å². The van der Waals surface area contributed by atoms with Crippen molar-refractivity contribution in [3.05, 3.63) is 100 Å². The molecule has 0 unspecified atom stereocenters. The molecule has 0 atom stereocenters. The minimum absolute atomic E-state index is 0.0103. The summed E-state index contributed by atoms with van der Waals surface area (Å²) >= 11 is 0. The second kappa shape index (κ2) is 8.50. The van der Waals surface area contributed by atoms with Gasteiger partial charge in [-0.25, -0.2) is 0 Å². The molecule has 1 N–H and O–H groups in total. The first-order valence-corrected chi connectivity index (χ1v) is 9.31. The smallest absolute Gasteiger partial charge is 0.273 e. The summed E-state index contributed by atoms with van der Waals surface area (Å²) in [6.45, 7) is -0.403. The maximum atomic E-state index is 13.0. The Kier molecular flexibility index (Phi) is 5.44. The molecular weight excluding hydrogens is 400 g/mol. The lowest BCUT2D eigenvalue weighted by molar-refractivity contribution is -0.384. The number of carbonyl (C=O) groups excluding carboxylic acids is 2. The fourth-order valence-corrected chi connectivity index (χ4v) is 3.06. The first-order valence-electron chi connectivity index (χ1n) is 9.31. The summed E-state index contributed by atoms with van der Waals surface area (Å²) in [6.07, 6.45) is 0. The van der Waals surface area contributed by atoms with Gasteiger partial charge in [-0.1, -0.05) is 48.5 Å². The molecule has 0 aliphatic rings. The van der Waals surface area contributed by atoms with E-state index in [1.807, 2.05) is 0 Å². The highest BCUT2D eigenvalue weighted by Gasteiger charge is 2.23. The first-order chi connectivity index (χ1) is 15.0. The summed E-state index contributed by atoms with van der Waals surface area (Å²) in [7, 11) is 0. The number of benzene rings is 3. The molecule has 3 aromatic carbocycles. The molecule has 4 aromatic rings. The van der Waals surface area contributed by atoms with Gasteiger partial charge in [0.15, 0.2) is 12.4 Å². The number of hydrogen-bond donors (Lipinski definition) is 1. The van der Waals surface area contributed by atoms with Gasteiger partial charge in [-0.05, 0) is 18.2 Å². The Bertz CT molecular complexity index is 1280. The number of fused-ring (bicyclic) bond motifs is 1. The minimum Gasteiger partial charge on any atom is -0.484 e. The normalized spacial score (nSPS) is 10.6. The number of furan rings is 1. The summed E-state index contributed by atoms with van der Waals surface area (Å²) in [4.78, 5) is 35.8. The third-order valence-corrected chi connectivity index (χ3v) is 4.50. The van der Waals surface area contributed by atoms with E-state index in [1.165, 1.54) is 24.3 Å². The Morgan fingerprint density at radius 3 is 2.48 bits per heavy atom. The summed E-state index contributed by atoms with van der Waals surface area (Å²) in [5, 5.41) is 14.1. The average molecular weight is 416 g/mol. The highest BCUT2D eigenvalue weighted by atomic mass is 16.6. The Morgan fingerprint density at radius 1 is 0.968 bits per heavy atom. The number of ether oxygens (including phenoxy) is 1. The second-order valence-corrected chi connectivity index (χ2v) is 6.59. The van der Waals surface area contributed by atoms with E-state index < -0.39 is 17.4 Å². The quantitative estimate of drug-likeness (QED) is 0.268. The summed E-state index contributed by atoms with van der Waals surface area (Å²) in [5.74, 6) is -0.718. The van der Waals surface area contributed by atoms with Gasteiger partial charge < -0.3 is 14.5 Å². The molecule has 8 nitrogen and oxygen atoms in total. The molecule has 31 heavy (non-hydrogen) atoms. The zero-order valence-corrected chi connectivity index (χ0v) is 16.1. The third kappa shape index (κ3) is 4.27. The van der Waals surface area contributed by atoms with Crippen LogP contribution in [0.2, 0.25) is 0 Å². The van der Waals surface area contributed by atoms with Gasteiger partial charge in [0.2, 0.25) is 5.78 Å². The van der Waals surface area contributed by atoms with Crippen molar-refractivity contribution in [3.8, 4) is 5.75 Å². The Balaban J connectivity index is 1.57. The van der Waals surface area contributed by atoms with Crippen LogP contribution in [0.3, 0.4) is 0 Å². The number of rotatable bonds is 7. The number of amides is 1. The van der Waals surface area contributed by atoms with Crippen molar-refractivity contribution in [3.63, 3.8) is 0 Å². The predicted molar refractivity (Wildman–Crippen MR) is 113 cm³/mol. The number of nitrogens with one attached hydrogen (secondary N) is 1. The molecular formula is C23H16N2O6. The van der Waals surface area contributed by atoms with E-state index >= 15 is 0 Å². The lowest BCUT2D eigenvalue weighted by Gasteiger charge is -2.08. The second-order valence-electron chi connectivity index (χ2n) is 6.59. The van der Waals surface area contributed by atoms with Crippen molar-refractivity contribution in [1.82, 2.24) is 0 Å². The lowest BCUT2D eigenvalue weighted by atomic mass is 10.1. The molecule has 0 radical (unpaired) electrons. The fraction of sp³-hybridized carbons (Fsp3) is 0.0435. The van der Waals surface area contributed by atoms with Crippen LogP contribution in [0.25, 0.3) is 11.0 Å². The molecule has 0 saturated carbocycles. The van der Waals surface area contributed by atoms with Gasteiger partial charge in [0, 0.05) is 17.0 Å². The molecule has 0 bridgehead atoms. The van der Waals surface area contributed by atoms with Gasteiger partial charge in [-0.15, -0.1) is 0 Å². The number of anilines is 1. The monoisotopic (exact) mass is 416 g/mol. The van der Waals surface area contributed by atoms with Gasteiger partial charge >= 0.3 is 0 Å². The molecule has 4 rings (SSSR count). The molecule has 8 heteroatoms.